The van der Waals surface area contributed by atoms with Crippen LogP contribution in [0.4, 0.5) is 5.95 Å². The number of fused-ring (bicyclic) bond motifs is 1. The van der Waals surface area contributed by atoms with E-state index >= 15 is 0 Å². The number of halogens is 4. The van der Waals surface area contributed by atoms with Crippen LogP contribution in [-0.4, -0.2) is 27.8 Å². The maximum Gasteiger partial charge on any atom is 0.338 e. The lowest BCUT2D eigenvalue weighted by Gasteiger charge is -2.29. The molecule has 0 spiro atoms. The van der Waals surface area contributed by atoms with Gasteiger partial charge < -0.3 is 14.8 Å². The third-order valence-electron chi connectivity index (χ3n) is 6.22. The Kier molecular flexibility index (Phi) is 8.97. The lowest BCUT2D eigenvalue weighted by Crippen LogP contribution is -2.29. The molecule has 0 radical (unpaired) electrons. The highest BCUT2D eigenvalue weighted by Crippen LogP contribution is 2.42. The summed E-state index contributed by atoms with van der Waals surface area (Å²) in [5, 5.41) is 10.2. The molecule has 5 rings (SSSR count). The van der Waals surface area contributed by atoms with Gasteiger partial charge in [0, 0.05) is 42.1 Å². The highest BCUT2D eigenvalue weighted by atomic mass is 79.9. The van der Waals surface area contributed by atoms with Crippen LogP contribution in [-0.2, 0) is 21.9 Å². The van der Waals surface area contributed by atoms with Gasteiger partial charge in [-0.25, -0.2) is 9.48 Å². The van der Waals surface area contributed by atoms with Gasteiger partial charge in [-0.2, -0.15) is 4.98 Å². The molecule has 4 aromatic rings. The molecule has 3 aromatic carbocycles. The van der Waals surface area contributed by atoms with E-state index in [9.17, 15) is 4.79 Å². The second-order valence-electron chi connectivity index (χ2n) is 8.81. The minimum absolute atomic E-state index is 0.189. The van der Waals surface area contributed by atoms with Gasteiger partial charge in [0.15, 0.2) is 0 Å². The van der Waals surface area contributed by atoms with Crippen LogP contribution in [0, 0.1) is 0 Å². The molecule has 1 aromatic heterocycles. The standard InChI is InChI=1S/C28H22BrCl3N4O3S/c1-15-24(26(37)38-2)25(36-27(33-15)34-28(35-36)40-14-17-5-3-4-6-21(17)31)20-11-18(29)8-10-23(20)39-13-16-7-9-19(30)12-22(16)32/h3-12,25H,13-14H2,1-2H3,(H,33,34,35). The zero-order valence-corrected chi connectivity index (χ0v) is 25.9. The number of carbonyl (C=O) groups is 1. The molecule has 1 N–H and O–H groups in total. The minimum atomic E-state index is -0.681. The molecule has 0 amide bonds. The van der Waals surface area contributed by atoms with Gasteiger partial charge in [0.2, 0.25) is 11.1 Å². The van der Waals surface area contributed by atoms with Gasteiger partial charge in [-0.3, -0.25) is 0 Å². The Morgan fingerprint density at radius 2 is 1.88 bits per heavy atom. The van der Waals surface area contributed by atoms with Gasteiger partial charge >= 0.3 is 5.97 Å². The molecular weight excluding hydrogens is 659 g/mol. The van der Waals surface area contributed by atoms with Crippen molar-refractivity contribution in [3.8, 4) is 5.75 Å². The molecule has 0 saturated heterocycles. The number of methoxy groups -OCH3 is 1. The molecule has 1 aliphatic heterocycles. The number of allylic oxidation sites excluding steroid dienone is 1. The Bertz CT molecular complexity index is 1630. The minimum Gasteiger partial charge on any atom is -0.488 e. The van der Waals surface area contributed by atoms with E-state index in [1.54, 1.807) is 23.7 Å². The van der Waals surface area contributed by atoms with E-state index in [1.165, 1.54) is 18.9 Å². The Hall–Kier alpha value is -2.69. The largest absolute Gasteiger partial charge is 0.488 e. The van der Waals surface area contributed by atoms with Crippen LogP contribution in [0.2, 0.25) is 15.1 Å². The fourth-order valence-electron chi connectivity index (χ4n) is 4.27. The second kappa shape index (κ2) is 12.4. The summed E-state index contributed by atoms with van der Waals surface area (Å²) in [7, 11) is 1.35. The number of nitrogens with one attached hydrogen (secondary N) is 1. The SMILES string of the molecule is COC(=O)C1=C(C)Nc2nc(SCc3ccccc3Cl)nn2C1c1cc(Br)ccc1OCc1ccc(Cl)cc1Cl. The van der Waals surface area contributed by atoms with Crippen molar-refractivity contribution >= 4 is 74.4 Å². The molecule has 1 unspecified atom stereocenters. The van der Waals surface area contributed by atoms with E-state index in [-0.39, 0.29) is 6.61 Å². The first-order chi connectivity index (χ1) is 19.2. The number of hydrogen-bond acceptors (Lipinski definition) is 7. The summed E-state index contributed by atoms with van der Waals surface area (Å²) in [6.07, 6.45) is 0. The van der Waals surface area contributed by atoms with Crippen molar-refractivity contribution in [1.82, 2.24) is 14.8 Å². The van der Waals surface area contributed by atoms with Crippen LogP contribution >= 0.6 is 62.5 Å². The summed E-state index contributed by atoms with van der Waals surface area (Å²) in [5.74, 6) is 1.12. The average molecular weight is 681 g/mol. The van der Waals surface area contributed by atoms with Gasteiger partial charge in [-0.15, -0.1) is 5.10 Å². The number of thioether (sulfide) groups is 1. The number of anilines is 1. The molecule has 1 atom stereocenters. The third kappa shape index (κ3) is 6.14. The fraction of sp³-hybridized carbons (Fsp3) is 0.179. The molecule has 7 nitrogen and oxygen atoms in total. The smallest absolute Gasteiger partial charge is 0.338 e. The first kappa shape index (κ1) is 28.8. The number of esters is 1. The topological polar surface area (TPSA) is 78.3 Å². The van der Waals surface area contributed by atoms with Crippen molar-refractivity contribution in [2.75, 3.05) is 12.4 Å². The predicted molar refractivity (Wildman–Crippen MR) is 162 cm³/mol. The molecule has 0 saturated carbocycles. The van der Waals surface area contributed by atoms with Gasteiger partial charge in [0.25, 0.3) is 0 Å². The monoisotopic (exact) mass is 678 g/mol. The van der Waals surface area contributed by atoms with Crippen LogP contribution in [0.15, 0.2) is 81.6 Å². The predicted octanol–water partition coefficient (Wildman–Crippen LogP) is 8.33. The molecule has 0 bridgehead atoms. The van der Waals surface area contributed by atoms with Crippen LogP contribution in [0.3, 0.4) is 0 Å². The van der Waals surface area contributed by atoms with Gasteiger partial charge in [-0.05, 0) is 48.9 Å². The maximum absolute atomic E-state index is 13.1. The van der Waals surface area contributed by atoms with Crippen molar-refractivity contribution in [3.05, 3.63) is 108 Å². The Morgan fingerprint density at radius 1 is 1.07 bits per heavy atom. The van der Waals surface area contributed by atoms with Gasteiger partial charge in [0.1, 0.15) is 18.4 Å². The van der Waals surface area contributed by atoms with E-state index in [2.05, 4.69) is 21.2 Å². The van der Waals surface area contributed by atoms with Crippen LogP contribution in [0.25, 0.3) is 0 Å². The molecule has 0 aliphatic carbocycles. The number of ether oxygens (including phenoxy) is 2. The van der Waals surface area contributed by atoms with E-state index in [0.717, 1.165) is 15.6 Å². The number of benzene rings is 3. The number of hydrogen-bond donors (Lipinski definition) is 1. The third-order valence-corrected chi connectivity index (χ3v) is 8.55. The summed E-state index contributed by atoms with van der Waals surface area (Å²) in [6, 6.07) is 17.8. The molecule has 1 aliphatic rings. The summed E-state index contributed by atoms with van der Waals surface area (Å²) >= 11 is 23.8. The van der Waals surface area contributed by atoms with Crippen molar-refractivity contribution in [2.45, 2.75) is 30.5 Å². The number of nitrogens with zero attached hydrogens (tertiary/aromatic N) is 3. The van der Waals surface area contributed by atoms with E-state index < -0.39 is 12.0 Å². The highest BCUT2D eigenvalue weighted by Gasteiger charge is 2.37. The summed E-state index contributed by atoms with van der Waals surface area (Å²) < 4.78 is 13.9. The first-order valence-corrected chi connectivity index (χ1v) is 14.9. The van der Waals surface area contributed by atoms with E-state index in [4.69, 9.17) is 54.4 Å². The Balaban J connectivity index is 1.53. The molecule has 0 fully saturated rings. The van der Waals surface area contributed by atoms with Crippen LogP contribution < -0.4 is 10.1 Å². The number of rotatable bonds is 8. The maximum atomic E-state index is 13.1. The average Bonchev–Trinajstić information content (AvgIpc) is 3.33. The van der Waals surface area contributed by atoms with Gasteiger partial charge in [-0.1, -0.05) is 86.8 Å². The van der Waals surface area contributed by atoms with Crippen molar-refractivity contribution in [3.63, 3.8) is 0 Å². The fourth-order valence-corrected chi connectivity index (χ4v) is 6.23. The van der Waals surface area contributed by atoms with Crippen molar-refractivity contribution in [2.24, 2.45) is 0 Å². The van der Waals surface area contributed by atoms with Crippen LogP contribution in [0.5, 0.6) is 5.75 Å². The van der Waals surface area contributed by atoms with E-state index in [0.29, 0.717) is 54.5 Å². The molecule has 40 heavy (non-hydrogen) atoms. The zero-order chi connectivity index (χ0) is 28.4. The van der Waals surface area contributed by atoms with E-state index in [1.807, 2.05) is 48.5 Å². The Labute approximate surface area is 258 Å². The molecular formula is C28H22BrCl3N4O3S. The Morgan fingerprint density at radius 3 is 2.62 bits per heavy atom. The zero-order valence-electron chi connectivity index (χ0n) is 21.3. The summed E-state index contributed by atoms with van der Waals surface area (Å²) in [5.41, 5.74) is 3.42. The molecule has 2 heterocycles. The lowest BCUT2D eigenvalue weighted by molar-refractivity contribution is -0.136. The normalized spacial score (nSPS) is 14.5. The highest BCUT2D eigenvalue weighted by molar-refractivity contribution is 9.10. The molecule has 206 valence electrons. The second-order valence-corrected chi connectivity index (χ2v) is 11.9. The lowest BCUT2D eigenvalue weighted by atomic mass is 9.95. The molecule has 12 heteroatoms. The quantitative estimate of drug-likeness (QED) is 0.148. The van der Waals surface area contributed by atoms with Crippen LogP contribution in [0.1, 0.15) is 29.7 Å². The number of aromatic nitrogens is 3. The number of carbonyl (C=O) groups excluding carboxylic acids is 1. The summed E-state index contributed by atoms with van der Waals surface area (Å²) in [6.45, 7) is 2.00. The first-order valence-electron chi connectivity index (χ1n) is 12.0. The van der Waals surface area contributed by atoms with Crippen molar-refractivity contribution in [1.29, 1.82) is 0 Å². The van der Waals surface area contributed by atoms with Crippen molar-refractivity contribution < 1.29 is 14.3 Å². The summed E-state index contributed by atoms with van der Waals surface area (Å²) in [4.78, 5) is 17.8. The van der Waals surface area contributed by atoms with Gasteiger partial charge in [0.05, 0.1) is 12.7 Å².